The molecule has 0 aromatic heterocycles. The van der Waals surface area contributed by atoms with E-state index < -0.39 is 0 Å². The summed E-state index contributed by atoms with van der Waals surface area (Å²) in [4.78, 5) is 2.22. The molecule has 1 saturated heterocycles. The second-order valence-corrected chi connectivity index (χ2v) is 4.50. The lowest BCUT2D eigenvalue weighted by Crippen LogP contribution is -2.27. The molecule has 1 N–H and O–H groups in total. The van der Waals surface area contributed by atoms with Crippen molar-refractivity contribution in [1.29, 1.82) is 0 Å². The quantitative estimate of drug-likeness (QED) is 0.832. The van der Waals surface area contributed by atoms with E-state index in [1.165, 1.54) is 0 Å². The molecule has 1 aromatic rings. The molecule has 1 atom stereocenters. The Morgan fingerprint density at radius 2 is 1.89 bits per heavy atom. The van der Waals surface area contributed by atoms with Gasteiger partial charge in [-0.3, -0.25) is 4.90 Å². The van der Waals surface area contributed by atoms with E-state index in [0.717, 1.165) is 37.6 Å². The summed E-state index contributed by atoms with van der Waals surface area (Å²) < 4.78 is 11.0. The molecule has 2 rings (SSSR count). The van der Waals surface area contributed by atoms with Gasteiger partial charge in [0.1, 0.15) is 18.1 Å². The van der Waals surface area contributed by atoms with Gasteiger partial charge in [-0.25, -0.2) is 0 Å². The van der Waals surface area contributed by atoms with Gasteiger partial charge in [0.25, 0.3) is 0 Å². The van der Waals surface area contributed by atoms with Gasteiger partial charge in [-0.05, 0) is 37.6 Å². The van der Waals surface area contributed by atoms with E-state index in [-0.39, 0.29) is 6.10 Å². The van der Waals surface area contributed by atoms with E-state index in [1.807, 2.05) is 31.2 Å². The van der Waals surface area contributed by atoms with Gasteiger partial charge in [-0.15, -0.1) is 0 Å². The molecular formula is C14H21NO3. The van der Waals surface area contributed by atoms with Crippen molar-refractivity contribution in [3.05, 3.63) is 24.3 Å². The molecule has 4 heteroatoms. The number of nitrogens with zero attached hydrogens (tertiary/aromatic N) is 1. The monoisotopic (exact) mass is 251 g/mol. The summed E-state index contributed by atoms with van der Waals surface area (Å²) in [7, 11) is 0. The van der Waals surface area contributed by atoms with Crippen LogP contribution in [0.15, 0.2) is 24.3 Å². The smallest absolute Gasteiger partial charge is 0.119 e. The predicted octanol–water partition coefficient (Wildman–Crippen LogP) is 1.53. The highest BCUT2D eigenvalue weighted by Crippen LogP contribution is 2.17. The second-order valence-electron chi connectivity index (χ2n) is 4.50. The van der Waals surface area contributed by atoms with Crippen molar-refractivity contribution in [1.82, 2.24) is 4.90 Å². The van der Waals surface area contributed by atoms with E-state index in [9.17, 15) is 5.11 Å². The molecule has 0 spiro atoms. The number of ether oxygens (including phenoxy) is 2. The number of hydrogen-bond acceptors (Lipinski definition) is 4. The standard InChI is InChI=1S/C14H21NO3/c1-2-17-13-3-5-14(6-4-13)18-10-9-15-8-7-12(16)11-15/h3-6,12,16H,2,7-11H2,1H3/t12-/m0/s1. The van der Waals surface area contributed by atoms with Crippen molar-refractivity contribution in [3.63, 3.8) is 0 Å². The summed E-state index contributed by atoms with van der Waals surface area (Å²) in [6, 6.07) is 7.67. The van der Waals surface area contributed by atoms with Crippen molar-refractivity contribution in [3.8, 4) is 11.5 Å². The average Bonchev–Trinajstić information content (AvgIpc) is 2.78. The van der Waals surface area contributed by atoms with Crippen LogP contribution in [0.25, 0.3) is 0 Å². The van der Waals surface area contributed by atoms with Gasteiger partial charge in [0.15, 0.2) is 0 Å². The minimum atomic E-state index is -0.157. The van der Waals surface area contributed by atoms with Crippen LogP contribution in [0.3, 0.4) is 0 Å². The van der Waals surface area contributed by atoms with Crippen molar-refractivity contribution in [2.75, 3.05) is 32.8 Å². The molecule has 0 radical (unpaired) electrons. The molecule has 4 nitrogen and oxygen atoms in total. The molecule has 100 valence electrons. The summed E-state index contributed by atoms with van der Waals surface area (Å²) in [6.07, 6.45) is 0.721. The summed E-state index contributed by atoms with van der Waals surface area (Å²) in [5, 5.41) is 9.40. The number of aliphatic hydroxyl groups excluding tert-OH is 1. The SMILES string of the molecule is CCOc1ccc(OCCN2CC[C@H](O)C2)cc1. The minimum absolute atomic E-state index is 0.157. The first-order valence-electron chi connectivity index (χ1n) is 6.54. The van der Waals surface area contributed by atoms with Crippen LogP contribution in [-0.4, -0.2) is 49.0 Å². The lowest BCUT2D eigenvalue weighted by Gasteiger charge is -2.15. The van der Waals surface area contributed by atoms with Crippen LogP contribution in [-0.2, 0) is 0 Å². The Balaban J connectivity index is 1.69. The van der Waals surface area contributed by atoms with Crippen LogP contribution in [0.2, 0.25) is 0 Å². The number of benzene rings is 1. The van der Waals surface area contributed by atoms with Crippen molar-refractivity contribution in [2.45, 2.75) is 19.4 Å². The molecule has 18 heavy (non-hydrogen) atoms. The number of rotatable bonds is 6. The molecule has 0 saturated carbocycles. The highest BCUT2D eigenvalue weighted by molar-refractivity contribution is 5.31. The van der Waals surface area contributed by atoms with Gasteiger partial charge in [-0.1, -0.05) is 0 Å². The van der Waals surface area contributed by atoms with Crippen LogP contribution >= 0.6 is 0 Å². The van der Waals surface area contributed by atoms with E-state index in [1.54, 1.807) is 0 Å². The molecular weight excluding hydrogens is 230 g/mol. The van der Waals surface area contributed by atoms with Gasteiger partial charge in [-0.2, -0.15) is 0 Å². The lowest BCUT2D eigenvalue weighted by atomic mass is 10.3. The molecule has 0 aliphatic carbocycles. The summed E-state index contributed by atoms with van der Waals surface area (Å²) >= 11 is 0. The Morgan fingerprint density at radius 3 is 2.44 bits per heavy atom. The van der Waals surface area contributed by atoms with E-state index in [0.29, 0.717) is 13.2 Å². The zero-order valence-electron chi connectivity index (χ0n) is 10.8. The molecule has 1 heterocycles. The van der Waals surface area contributed by atoms with Gasteiger partial charge in [0.2, 0.25) is 0 Å². The Kier molecular flexibility index (Phi) is 4.84. The average molecular weight is 251 g/mol. The molecule has 1 aromatic carbocycles. The van der Waals surface area contributed by atoms with Crippen LogP contribution in [0, 0.1) is 0 Å². The highest BCUT2D eigenvalue weighted by Gasteiger charge is 2.19. The normalized spacial score (nSPS) is 20.0. The number of likely N-dealkylation sites (tertiary alicyclic amines) is 1. The second kappa shape index (κ2) is 6.61. The number of aliphatic hydroxyl groups is 1. The maximum absolute atomic E-state index is 9.40. The topological polar surface area (TPSA) is 41.9 Å². The first-order chi connectivity index (χ1) is 8.78. The van der Waals surface area contributed by atoms with Crippen molar-refractivity contribution < 1.29 is 14.6 Å². The third-order valence-corrected chi connectivity index (χ3v) is 3.06. The fraction of sp³-hybridized carbons (Fsp3) is 0.571. The zero-order chi connectivity index (χ0) is 12.8. The van der Waals surface area contributed by atoms with Gasteiger partial charge in [0, 0.05) is 19.6 Å². The Labute approximate surface area is 108 Å². The maximum Gasteiger partial charge on any atom is 0.119 e. The van der Waals surface area contributed by atoms with E-state index in [2.05, 4.69) is 4.90 Å². The predicted molar refractivity (Wildman–Crippen MR) is 70.2 cm³/mol. The summed E-state index contributed by atoms with van der Waals surface area (Å²) in [5.41, 5.74) is 0. The first kappa shape index (κ1) is 13.2. The molecule has 1 aliphatic rings. The van der Waals surface area contributed by atoms with Crippen LogP contribution in [0.1, 0.15) is 13.3 Å². The van der Waals surface area contributed by atoms with Crippen LogP contribution in [0.4, 0.5) is 0 Å². The molecule has 1 aliphatic heterocycles. The molecule has 0 bridgehead atoms. The van der Waals surface area contributed by atoms with Crippen molar-refractivity contribution >= 4 is 0 Å². The third-order valence-electron chi connectivity index (χ3n) is 3.06. The summed E-state index contributed by atoms with van der Waals surface area (Å²) in [6.45, 7) is 5.90. The fourth-order valence-corrected chi connectivity index (χ4v) is 2.11. The van der Waals surface area contributed by atoms with Crippen LogP contribution < -0.4 is 9.47 Å². The Hall–Kier alpha value is -1.26. The van der Waals surface area contributed by atoms with Gasteiger partial charge < -0.3 is 14.6 Å². The Morgan fingerprint density at radius 1 is 1.22 bits per heavy atom. The lowest BCUT2D eigenvalue weighted by molar-refractivity contribution is 0.167. The first-order valence-corrected chi connectivity index (χ1v) is 6.54. The highest BCUT2D eigenvalue weighted by atomic mass is 16.5. The van der Waals surface area contributed by atoms with Crippen molar-refractivity contribution in [2.24, 2.45) is 0 Å². The largest absolute Gasteiger partial charge is 0.494 e. The number of hydrogen-bond donors (Lipinski definition) is 1. The van der Waals surface area contributed by atoms with Gasteiger partial charge in [0.05, 0.1) is 12.7 Å². The molecule has 0 unspecified atom stereocenters. The third kappa shape index (κ3) is 3.89. The van der Waals surface area contributed by atoms with E-state index in [4.69, 9.17) is 9.47 Å². The van der Waals surface area contributed by atoms with Crippen LogP contribution in [0.5, 0.6) is 11.5 Å². The zero-order valence-corrected chi connectivity index (χ0v) is 10.8. The van der Waals surface area contributed by atoms with Gasteiger partial charge >= 0.3 is 0 Å². The minimum Gasteiger partial charge on any atom is -0.494 e. The molecule has 1 fully saturated rings. The molecule has 0 amide bonds. The fourth-order valence-electron chi connectivity index (χ4n) is 2.11. The maximum atomic E-state index is 9.40. The number of β-amino-alcohol motifs (C(OH)–C–C–N with tert-alkyl or cyclic N) is 1. The van der Waals surface area contributed by atoms with E-state index >= 15 is 0 Å². The summed E-state index contributed by atoms with van der Waals surface area (Å²) in [5.74, 6) is 1.73. The Bertz CT molecular complexity index is 353.